The van der Waals surface area contributed by atoms with Crippen molar-refractivity contribution in [2.75, 3.05) is 0 Å². The highest BCUT2D eigenvalue weighted by Crippen LogP contribution is 2.39. The first-order valence-electron chi connectivity index (χ1n) is 18.2. The highest BCUT2D eigenvalue weighted by molar-refractivity contribution is 6.15. The Morgan fingerprint density at radius 3 is 1.39 bits per heavy atom. The van der Waals surface area contributed by atoms with Crippen LogP contribution in [-0.2, 0) is 0 Å². The molecule has 3 heterocycles. The molecule has 8 aromatic carbocycles. The van der Waals surface area contributed by atoms with Crippen molar-refractivity contribution >= 4 is 54.4 Å². The van der Waals surface area contributed by atoms with Crippen molar-refractivity contribution in [3.63, 3.8) is 0 Å². The molecule has 0 aliphatic carbocycles. The van der Waals surface area contributed by atoms with Crippen molar-refractivity contribution < 1.29 is 0 Å². The van der Waals surface area contributed by atoms with Crippen molar-refractivity contribution in [3.8, 4) is 45.5 Å². The summed E-state index contributed by atoms with van der Waals surface area (Å²) in [7, 11) is 0. The Morgan fingerprint density at radius 2 is 0.741 bits per heavy atom. The molecule has 0 saturated heterocycles. The van der Waals surface area contributed by atoms with Crippen molar-refractivity contribution in [2.24, 2.45) is 0 Å². The Bertz CT molecular complexity index is 3100. The topological polar surface area (TPSA) is 48.5 Å². The normalized spacial score (nSPS) is 11.7. The largest absolute Gasteiger partial charge is 0.309 e. The second-order valence-electron chi connectivity index (χ2n) is 13.7. The van der Waals surface area contributed by atoms with Gasteiger partial charge in [-0.25, -0.2) is 15.0 Å². The van der Waals surface area contributed by atoms with Crippen LogP contribution >= 0.6 is 0 Å². The van der Waals surface area contributed by atoms with E-state index in [2.05, 4.69) is 137 Å². The predicted octanol–water partition coefficient (Wildman–Crippen LogP) is 12.2. The van der Waals surface area contributed by atoms with Gasteiger partial charge in [0, 0.05) is 49.6 Å². The van der Waals surface area contributed by atoms with E-state index in [0.29, 0.717) is 17.5 Å². The molecule has 0 N–H and O–H groups in total. The molecule has 0 atom stereocenters. The standard InChI is InChI=1S/C49H31N5/c1-3-14-32(15-4-1)47-50-48(33-16-5-2-6-17-33)52-49(51-47)36-20-13-21-37(28-36)54-45-27-26-38(31-42(45)41-29-34-18-7-8-19-35(34)30-46(41)54)53-43-24-11-9-22-39(43)40-23-10-12-25-44(40)53/h1-31H. The van der Waals surface area contributed by atoms with Gasteiger partial charge < -0.3 is 9.13 Å². The lowest BCUT2D eigenvalue weighted by Gasteiger charge is -2.12. The van der Waals surface area contributed by atoms with E-state index in [-0.39, 0.29) is 0 Å². The fourth-order valence-electron chi connectivity index (χ4n) is 8.03. The molecule has 0 unspecified atom stereocenters. The van der Waals surface area contributed by atoms with Gasteiger partial charge in [0.05, 0.1) is 22.1 Å². The fourth-order valence-corrected chi connectivity index (χ4v) is 8.03. The molecule has 252 valence electrons. The van der Waals surface area contributed by atoms with E-state index < -0.39 is 0 Å². The summed E-state index contributed by atoms with van der Waals surface area (Å²) in [6.07, 6.45) is 0. The summed E-state index contributed by atoms with van der Waals surface area (Å²) in [5.41, 5.74) is 9.65. The maximum atomic E-state index is 5.04. The first-order valence-corrected chi connectivity index (χ1v) is 18.2. The third-order valence-corrected chi connectivity index (χ3v) is 10.5. The fraction of sp³-hybridized carbons (Fsp3) is 0. The van der Waals surface area contributed by atoms with Crippen LogP contribution in [0.5, 0.6) is 0 Å². The molecule has 0 spiro atoms. The Morgan fingerprint density at radius 1 is 0.278 bits per heavy atom. The lowest BCUT2D eigenvalue weighted by atomic mass is 10.1. The van der Waals surface area contributed by atoms with Crippen molar-refractivity contribution in [1.82, 2.24) is 24.1 Å². The average Bonchev–Trinajstić information content (AvgIpc) is 3.75. The first-order chi connectivity index (χ1) is 26.8. The number of aromatic nitrogens is 5. The summed E-state index contributed by atoms with van der Waals surface area (Å²) in [6.45, 7) is 0. The molecule has 0 radical (unpaired) electrons. The van der Waals surface area contributed by atoms with E-state index in [9.17, 15) is 0 Å². The van der Waals surface area contributed by atoms with Crippen molar-refractivity contribution in [2.45, 2.75) is 0 Å². The number of para-hydroxylation sites is 2. The van der Waals surface area contributed by atoms with Crippen molar-refractivity contribution in [1.29, 1.82) is 0 Å². The summed E-state index contributed by atoms with van der Waals surface area (Å²) in [5, 5.41) is 7.32. The van der Waals surface area contributed by atoms with Crippen LogP contribution in [0.25, 0.3) is 99.9 Å². The minimum Gasteiger partial charge on any atom is -0.309 e. The molecule has 11 rings (SSSR count). The zero-order chi connectivity index (χ0) is 35.6. The molecular weight excluding hydrogens is 659 g/mol. The van der Waals surface area contributed by atoms with Crippen LogP contribution in [0, 0.1) is 0 Å². The van der Waals surface area contributed by atoms with Crippen LogP contribution in [0.2, 0.25) is 0 Å². The number of hydrogen-bond acceptors (Lipinski definition) is 3. The van der Waals surface area contributed by atoms with Crippen molar-refractivity contribution in [3.05, 3.63) is 188 Å². The zero-order valence-corrected chi connectivity index (χ0v) is 29.1. The summed E-state index contributed by atoms with van der Waals surface area (Å²) < 4.78 is 4.78. The van der Waals surface area contributed by atoms with Crippen LogP contribution in [0.1, 0.15) is 0 Å². The molecule has 0 bridgehead atoms. The second kappa shape index (κ2) is 12.1. The van der Waals surface area contributed by atoms with Gasteiger partial charge in [-0.1, -0.05) is 133 Å². The highest BCUT2D eigenvalue weighted by atomic mass is 15.0. The lowest BCUT2D eigenvalue weighted by Crippen LogP contribution is -2.01. The second-order valence-corrected chi connectivity index (χ2v) is 13.7. The van der Waals surface area contributed by atoms with Crippen LogP contribution in [0.3, 0.4) is 0 Å². The van der Waals surface area contributed by atoms with Crippen LogP contribution in [-0.4, -0.2) is 24.1 Å². The molecular formula is C49H31N5. The van der Waals surface area contributed by atoms with Gasteiger partial charge in [0.1, 0.15) is 0 Å². The molecule has 0 saturated carbocycles. The SMILES string of the molecule is c1ccc(-c2nc(-c3ccccc3)nc(-c3cccc(-n4c5ccc(-n6c7ccccc7c7ccccc76)cc5c5cc6ccccc6cc54)c3)n2)cc1. The first kappa shape index (κ1) is 30.3. The molecule has 0 fully saturated rings. The number of nitrogens with zero attached hydrogens (tertiary/aromatic N) is 5. The van der Waals surface area contributed by atoms with Gasteiger partial charge in [-0.15, -0.1) is 0 Å². The molecule has 5 nitrogen and oxygen atoms in total. The maximum absolute atomic E-state index is 5.04. The Balaban J connectivity index is 1.14. The van der Waals surface area contributed by atoms with Gasteiger partial charge >= 0.3 is 0 Å². The maximum Gasteiger partial charge on any atom is 0.164 e. The summed E-state index contributed by atoms with van der Waals surface area (Å²) in [5.74, 6) is 1.92. The van der Waals surface area contributed by atoms with E-state index >= 15 is 0 Å². The molecule has 5 heteroatoms. The monoisotopic (exact) mass is 689 g/mol. The summed E-state index contributed by atoms with van der Waals surface area (Å²) >= 11 is 0. The average molecular weight is 690 g/mol. The molecule has 0 aliphatic rings. The van der Waals surface area contributed by atoms with E-state index in [0.717, 1.165) is 39.1 Å². The smallest absolute Gasteiger partial charge is 0.164 e. The Hall–Kier alpha value is -7.37. The quantitative estimate of drug-likeness (QED) is 0.181. The summed E-state index contributed by atoms with van der Waals surface area (Å²) in [6, 6.07) is 66.3. The van der Waals surface area contributed by atoms with Gasteiger partial charge in [0.2, 0.25) is 0 Å². The van der Waals surface area contributed by atoms with Crippen LogP contribution < -0.4 is 0 Å². The van der Waals surface area contributed by atoms with Gasteiger partial charge in [-0.2, -0.15) is 0 Å². The molecule has 0 aliphatic heterocycles. The zero-order valence-electron chi connectivity index (χ0n) is 29.1. The third-order valence-electron chi connectivity index (χ3n) is 10.5. The van der Waals surface area contributed by atoms with E-state index in [1.54, 1.807) is 0 Å². The number of fused-ring (bicyclic) bond motifs is 7. The molecule has 11 aromatic rings. The van der Waals surface area contributed by atoms with E-state index in [4.69, 9.17) is 15.0 Å². The predicted molar refractivity (Wildman–Crippen MR) is 222 cm³/mol. The van der Waals surface area contributed by atoms with Crippen LogP contribution in [0.15, 0.2) is 188 Å². The summed E-state index contributed by atoms with van der Waals surface area (Å²) in [4.78, 5) is 15.0. The number of hydrogen-bond donors (Lipinski definition) is 0. The molecule has 54 heavy (non-hydrogen) atoms. The number of rotatable bonds is 5. The van der Waals surface area contributed by atoms with E-state index in [1.807, 2.05) is 60.7 Å². The van der Waals surface area contributed by atoms with Gasteiger partial charge in [0.25, 0.3) is 0 Å². The van der Waals surface area contributed by atoms with E-state index in [1.165, 1.54) is 43.4 Å². The van der Waals surface area contributed by atoms with Gasteiger partial charge in [0.15, 0.2) is 17.5 Å². The number of benzene rings is 8. The lowest BCUT2D eigenvalue weighted by molar-refractivity contribution is 1.07. The highest BCUT2D eigenvalue weighted by Gasteiger charge is 2.18. The Kier molecular flexibility index (Phi) is 6.79. The molecule has 0 amide bonds. The van der Waals surface area contributed by atoms with Gasteiger partial charge in [-0.05, 0) is 65.4 Å². The molecule has 3 aromatic heterocycles. The minimum atomic E-state index is 0.629. The third kappa shape index (κ3) is 4.83. The van der Waals surface area contributed by atoms with Crippen LogP contribution in [0.4, 0.5) is 0 Å². The Labute approximate surface area is 311 Å². The minimum absolute atomic E-state index is 0.629. The van der Waals surface area contributed by atoms with Gasteiger partial charge in [-0.3, -0.25) is 0 Å².